The van der Waals surface area contributed by atoms with Crippen LogP contribution in [0.5, 0.6) is 11.5 Å². The van der Waals surface area contributed by atoms with E-state index in [1.165, 1.54) is 50.2 Å². The summed E-state index contributed by atoms with van der Waals surface area (Å²) in [6.07, 6.45) is 2.03. The van der Waals surface area contributed by atoms with Gasteiger partial charge in [0.25, 0.3) is 0 Å². The molecule has 5 heteroatoms. The molecular formula is C69H60N4O. The first-order valence-electron chi connectivity index (χ1n) is 25.8. The highest BCUT2D eigenvalue weighted by atomic mass is 16.5. The number of benzene rings is 9. The average molecular weight is 961 g/mol. The summed E-state index contributed by atoms with van der Waals surface area (Å²) >= 11 is 0. The Bertz CT molecular complexity index is 3800. The molecule has 0 amide bonds. The molecule has 1 aliphatic heterocycles. The fraction of sp³-hybridized carbons (Fsp3) is 0.145. The van der Waals surface area contributed by atoms with Crippen molar-refractivity contribution in [1.29, 1.82) is 0 Å². The quantitative estimate of drug-likeness (QED) is 0.144. The fourth-order valence-corrected chi connectivity index (χ4v) is 10.8. The summed E-state index contributed by atoms with van der Waals surface area (Å²) in [4.78, 5) is 10.1. The first-order chi connectivity index (χ1) is 35.9. The van der Waals surface area contributed by atoms with Crippen LogP contribution >= 0.6 is 0 Å². The summed E-state index contributed by atoms with van der Waals surface area (Å²) in [7, 11) is 0. The number of para-hydroxylation sites is 3. The molecule has 2 aromatic heterocycles. The lowest BCUT2D eigenvalue weighted by Crippen LogP contribution is -2.24. The standard InChI is InChI=1S/C69H60N4O/c1-46-40-66(70-44-61(46)50-30-35-53(36-31-50)69(5,6)7)73-62-39-32-51(47-28-33-52(34-29-47)68(2,3)4)41-60(62)59-38-37-56(43-65(59)73)74-55-23-16-22-54(42-55)71-45-72(64-27-15-14-26-63(64)71)67-57(48-18-10-8-11-19-48)24-17-25-58(67)49-20-12-9-13-21-49/h8-44H,45H2,1-7H3. The first kappa shape index (κ1) is 46.4. The van der Waals surface area contributed by atoms with Crippen molar-refractivity contribution in [2.45, 2.75) is 59.3 Å². The molecule has 11 aromatic rings. The summed E-state index contributed by atoms with van der Waals surface area (Å²) in [5.74, 6) is 2.36. The predicted molar refractivity (Wildman–Crippen MR) is 311 cm³/mol. The SMILES string of the molecule is Cc1cc(-n2c3ccc(-c4ccc(C(C)(C)C)cc4)cc3c3ccc(Oc4cccc(N5CN(c6c(-c7ccccc7)cccc6-c6ccccc6)c6ccccc65)c4)cc32)ncc1-c1ccc(C(C)(C)C)cc1. The maximum atomic E-state index is 6.92. The minimum Gasteiger partial charge on any atom is -0.457 e. The molecule has 5 nitrogen and oxygen atoms in total. The van der Waals surface area contributed by atoms with Crippen molar-refractivity contribution in [3.05, 3.63) is 241 Å². The van der Waals surface area contributed by atoms with Gasteiger partial charge >= 0.3 is 0 Å². The molecule has 0 unspecified atom stereocenters. The second kappa shape index (κ2) is 18.4. The molecule has 9 aromatic carbocycles. The van der Waals surface area contributed by atoms with E-state index >= 15 is 0 Å². The van der Waals surface area contributed by atoms with Crippen molar-refractivity contribution in [2.75, 3.05) is 16.5 Å². The normalized spacial score (nSPS) is 12.7. The molecule has 0 atom stereocenters. The summed E-state index contributed by atoms with van der Waals surface area (Å²) < 4.78 is 9.22. The van der Waals surface area contributed by atoms with E-state index in [1.54, 1.807) is 0 Å². The van der Waals surface area contributed by atoms with Gasteiger partial charge in [0.15, 0.2) is 0 Å². The van der Waals surface area contributed by atoms with Crippen molar-refractivity contribution in [2.24, 2.45) is 0 Å². The Morgan fingerprint density at radius 2 is 0.973 bits per heavy atom. The topological polar surface area (TPSA) is 33.5 Å². The zero-order chi connectivity index (χ0) is 50.7. The Kier molecular flexibility index (Phi) is 11.6. The molecule has 0 bridgehead atoms. The molecule has 362 valence electrons. The van der Waals surface area contributed by atoms with Crippen molar-refractivity contribution >= 4 is 44.6 Å². The van der Waals surface area contributed by atoms with Gasteiger partial charge in [0, 0.05) is 51.5 Å². The number of aromatic nitrogens is 2. The van der Waals surface area contributed by atoms with E-state index in [9.17, 15) is 0 Å². The maximum Gasteiger partial charge on any atom is 0.137 e. The number of fused-ring (bicyclic) bond motifs is 4. The highest BCUT2D eigenvalue weighted by Crippen LogP contribution is 2.50. The monoisotopic (exact) mass is 960 g/mol. The number of anilines is 4. The van der Waals surface area contributed by atoms with Gasteiger partial charge < -0.3 is 14.5 Å². The van der Waals surface area contributed by atoms with E-state index in [0.717, 1.165) is 72.9 Å². The van der Waals surface area contributed by atoms with Gasteiger partial charge in [-0.05, 0) is 117 Å². The second-order valence-corrected chi connectivity index (χ2v) is 21.8. The molecule has 12 rings (SSSR count). The third-order valence-electron chi connectivity index (χ3n) is 14.8. The minimum atomic E-state index is 0.0805. The van der Waals surface area contributed by atoms with Crippen LogP contribution in [0, 0.1) is 6.92 Å². The maximum absolute atomic E-state index is 6.92. The van der Waals surface area contributed by atoms with E-state index < -0.39 is 0 Å². The van der Waals surface area contributed by atoms with Crippen LogP contribution < -0.4 is 14.5 Å². The molecule has 1 aliphatic rings. The zero-order valence-electron chi connectivity index (χ0n) is 43.3. The van der Waals surface area contributed by atoms with Crippen LogP contribution in [-0.2, 0) is 10.8 Å². The van der Waals surface area contributed by atoms with Gasteiger partial charge in [0.05, 0.1) is 28.1 Å². The van der Waals surface area contributed by atoms with Crippen LogP contribution in [0.2, 0.25) is 0 Å². The van der Waals surface area contributed by atoms with E-state index in [0.29, 0.717) is 6.67 Å². The van der Waals surface area contributed by atoms with Crippen molar-refractivity contribution in [1.82, 2.24) is 9.55 Å². The number of aryl methyl sites for hydroxylation is 1. The average Bonchev–Trinajstić information content (AvgIpc) is 3.96. The van der Waals surface area contributed by atoms with Gasteiger partial charge in [0.1, 0.15) is 24.0 Å². The van der Waals surface area contributed by atoms with Crippen molar-refractivity contribution in [3.8, 4) is 61.8 Å². The highest BCUT2D eigenvalue weighted by molar-refractivity contribution is 6.11. The molecule has 3 heterocycles. The molecule has 0 aliphatic carbocycles. The molecular weight excluding hydrogens is 901 g/mol. The van der Waals surface area contributed by atoms with Crippen molar-refractivity contribution < 1.29 is 4.74 Å². The number of hydrogen-bond donors (Lipinski definition) is 0. The van der Waals surface area contributed by atoms with Crippen LogP contribution in [-0.4, -0.2) is 16.2 Å². The van der Waals surface area contributed by atoms with Crippen LogP contribution in [0.3, 0.4) is 0 Å². The fourth-order valence-electron chi connectivity index (χ4n) is 10.8. The summed E-state index contributed by atoms with van der Waals surface area (Å²) in [5, 5.41) is 2.30. The smallest absolute Gasteiger partial charge is 0.137 e. The van der Waals surface area contributed by atoms with Crippen LogP contribution in [0.4, 0.5) is 22.7 Å². The van der Waals surface area contributed by atoms with Crippen LogP contribution in [0.15, 0.2) is 225 Å². The number of pyridine rings is 1. The Hall–Kier alpha value is -8.67. The summed E-state index contributed by atoms with van der Waals surface area (Å²) in [6.45, 7) is 16.4. The van der Waals surface area contributed by atoms with Crippen molar-refractivity contribution in [3.63, 3.8) is 0 Å². The van der Waals surface area contributed by atoms with Gasteiger partial charge in [-0.1, -0.05) is 193 Å². The second-order valence-electron chi connectivity index (χ2n) is 21.8. The van der Waals surface area contributed by atoms with Crippen LogP contribution in [0.1, 0.15) is 58.2 Å². The van der Waals surface area contributed by atoms with Gasteiger partial charge in [-0.2, -0.15) is 0 Å². The Morgan fingerprint density at radius 1 is 0.419 bits per heavy atom. The Labute approximate surface area is 435 Å². The molecule has 0 N–H and O–H groups in total. The number of hydrogen-bond acceptors (Lipinski definition) is 4. The third-order valence-corrected chi connectivity index (χ3v) is 14.8. The Balaban J connectivity index is 0.922. The lowest BCUT2D eigenvalue weighted by molar-refractivity contribution is 0.483. The van der Waals surface area contributed by atoms with Gasteiger partial charge in [0.2, 0.25) is 0 Å². The lowest BCUT2D eigenvalue weighted by Gasteiger charge is -2.27. The molecule has 0 spiro atoms. The number of ether oxygens (including phenoxy) is 1. The molecule has 0 saturated heterocycles. The Morgan fingerprint density at radius 3 is 1.59 bits per heavy atom. The molecule has 0 saturated carbocycles. The molecule has 0 radical (unpaired) electrons. The van der Waals surface area contributed by atoms with Gasteiger partial charge in [-0.25, -0.2) is 4.98 Å². The first-order valence-corrected chi connectivity index (χ1v) is 25.8. The summed E-state index contributed by atoms with van der Waals surface area (Å²) in [5.41, 5.74) is 20.0. The van der Waals surface area contributed by atoms with Crippen LogP contribution in [0.25, 0.3) is 72.1 Å². The van der Waals surface area contributed by atoms with E-state index in [1.807, 2.05) is 6.20 Å². The van der Waals surface area contributed by atoms with E-state index in [-0.39, 0.29) is 10.8 Å². The minimum absolute atomic E-state index is 0.0805. The number of rotatable bonds is 9. The number of nitrogens with zero attached hydrogens (tertiary/aromatic N) is 4. The van der Waals surface area contributed by atoms with E-state index in [2.05, 4.69) is 281 Å². The van der Waals surface area contributed by atoms with Gasteiger partial charge in [-0.15, -0.1) is 0 Å². The predicted octanol–water partition coefficient (Wildman–Crippen LogP) is 18.8. The van der Waals surface area contributed by atoms with E-state index in [4.69, 9.17) is 9.72 Å². The van der Waals surface area contributed by atoms with Gasteiger partial charge in [-0.3, -0.25) is 4.57 Å². The third kappa shape index (κ3) is 8.58. The largest absolute Gasteiger partial charge is 0.457 e. The molecule has 74 heavy (non-hydrogen) atoms. The lowest BCUT2D eigenvalue weighted by atomic mass is 9.86. The zero-order valence-corrected chi connectivity index (χ0v) is 43.3. The summed E-state index contributed by atoms with van der Waals surface area (Å²) in [6, 6.07) is 78.8. The molecule has 0 fully saturated rings. The highest BCUT2D eigenvalue weighted by Gasteiger charge is 2.31.